The van der Waals surface area contributed by atoms with Crippen LogP contribution in [0.15, 0.2) is 58.5 Å². The minimum absolute atomic E-state index is 0.00694. The molecule has 61 heavy (non-hydrogen) atoms. The normalized spacial score (nSPS) is 18.0. The Morgan fingerprint density at radius 1 is 0.590 bits per heavy atom. The molecule has 0 radical (unpaired) electrons. The van der Waals surface area contributed by atoms with Crippen molar-refractivity contribution < 1.29 is 45.8 Å². The van der Waals surface area contributed by atoms with Gasteiger partial charge in [0.15, 0.2) is 25.7 Å². The summed E-state index contributed by atoms with van der Waals surface area (Å²) in [5, 5.41) is 13.2. The number of thiazole rings is 3. The number of alkyl halides is 6. The van der Waals surface area contributed by atoms with Crippen LogP contribution in [0.1, 0.15) is 83.4 Å². The smallest absolute Gasteiger partial charge is 0.335 e. The summed E-state index contributed by atoms with van der Waals surface area (Å²) >= 11 is 7.64. The fraction of sp³-hybridized carbons (Fsp3) is 0.415. The summed E-state index contributed by atoms with van der Waals surface area (Å²) in [5.74, 6) is -8.39. The van der Waals surface area contributed by atoms with Crippen molar-refractivity contribution in [2.75, 3.05) is 49.1 Å². The highest BCUT2D eigenvalue weighted by Crippen LogP contribution is 2.36. The third-order valence-corrected chi connectivity index (χ3v) is 13.7. The summed E-state index contributed by atoms with van der Waals surface area (Å²) < 4.78 is 80.5. The number of aromatic carboxylic acids is 1. The number of carbonyl (C=O) groups excluding carboxylic acids is 2. The van der Waals surface area contributed by atoms with E-state index in [4.69, 9.17) is 5.11 Å². The van der Waals surface area contributed by atoms with Crippen LogP contribution in [-0.2, 0) is 0 Å². The Labute approximate surface area is 367 Å². The number of benzene rings is 3. The second kappa shape index (κ2) is 19.4. The highest BCUT2D eigenvalue weighted by molar-refractivity contribution is 9.11. The Balaban J connectivity index is 0.000000143. The van der Waals surface area contributed by atoms with E-state index in [0.717, 1.165) is 39.7 Å². The summed E-state index contributed by atoms with van der Waals surface area (Å²) in [6.45, 7) is 5.23. The average Bonchev–Trinajstić information content (AvgIpc) is 3.93. The molecule has 0 unspecified atom stereocenters. The largest absolute Gasteiger partial charge is 0.478 e. The first kappa shape index (κ1) is 46.3. The molecule has 3 aromatic heterocycles. The zero-order valence-corrected chi connectivity index (χ0v) is 37.0. The third kappa shape index (κ3) is 12.7. The van der Waals surface area contributed by atoms with Crippen molar-refractivity contribution in [1.82, 2.24) is 20.3 Å². The van der Waals surface area contributed by atoms with Gasteiger partial charge >= 0.3 is 5.97 Å². The molecule has 10 nitrogen and oxygen atoms in total. The molecular weight excluding hydrogens is 931 g/mol. The van der Waals surface area contributed by atoms with Crippen molar-refractivity contribution in [3.63, 3.8) is 0 Å². The van der Waals surface area contributed by atoms with Gasteiger partial charge in [-0.05, 0) is 84.4 Å². The van der Waals surface area contributed by atoms with Gasteiger partial charge in [0.1, 0.15) is 0 Å². The minimum Gasteiger partial charge on any atom is -0.478 e. The topological polar surface area (TPSA) is 129 Å². The van der Waals surface area contributed by atoms with Gasteiger partial charge in [0.05, 0.1) is 36.2 Å². The van der Waals surface area contributed by atoms with Gasteiger partial charge in [-0.15, -0.1) is 11.3 Å². The highest BCUT2D eigenvalue weighted by Gasteiger charge is 2.36. The number of aromatic nitrogens is 3. The van der Waals surface area contributed by atoms with Gasteiger partial charge in [0, 0.05) is 88.9 Å². The van der Waals surface area contributed by atoms with Crippen LogP contribution in [0.4, 0.5) is 36.6 Å². The molecule has 0 aliphatic carbocycles. The monoisotopic (exact) mass is 970 g/mol. The van der Waals surface area contributed by atoms with Crippen LogP contribution in [0.5, 0.6) is 0 Å². The molecule has 0 saturated carbocycles. The molecule has 2 N–H and O–H groups in total. The number of rotatable bonds is 5. The maximum Gasteiger partial charge on any atom is 0.335 e. The molecule has 3 aromatic carbocycles. The number of hydrogen-bond acceptors (Lipinski definition) is 12. The molecule has 0 spiro atoms. The van der Waals surface area contributed by atoms with Gasteiger partial charge in [-0.25, -0.2) is 46.1 Å². The SMILES string of the molecule is CC(=O)c1ccc2nc(Br)sc2c1.CC(=O)c1ccc2nc(N3CCC(F)(F)CC3)sc2c1.FC1(F)CCNCC1.O=C(O)c1ccc2nc(N3CCC(F)(F)CC3)sc2c1. The zero-order chi connectivity index (χ0) is 44.1. The Kier molecular flexibility index (Phi) is 14.7. The van der Waals surface area contributed by atoms with Gasteiger partial charge in [-0.3, -0.25) is 9.59 Å². The molecule has 326 valence electrons. The molecule has 3 fully saturated rings. The van der Waals surface area contributed by atoms with Gasteiger partial charge < -0.3 is 20.2 Å². The number of ketones is 2. The maximum absolute atomic E-state index is 13.2. The van der Waals surface area contributed by atoms with Crippen molar-refractivity contribution in [2.24, 2.45) is 0 Å². The van der Waals surface area contributed by atoms with Crippen molar-refractivity contribution in [2.45, 2.75) is 70.1 Å². The van der Waals surface area contributed by atoms with E-state index in [9.17, 15) is 40.7 Å². The van der Waals surface area contributed by atoms with E-state index >= 15 is 0 Å². The van der Waals surface area contributed by atoms with Crippen LogP contribution >= 0.6 is 49.9 Å². The molecule has 6 heterocycles. The third-order valence-electron chi connectivity index (χ3n) is 10.0. The van der Waals surface area contributed by atoms with Crippen LogP contribution in [-0.4, -0.2) is 94.6 Å². The predicted molar refractivity (Wildman–Crippen MR) is 233 cm³/mol. The van der Waals surface area contributed by atoms with Gasteiger partial charge in [0.25, 0.3) is 17.8 Å². The first-order valence-corrected chi connectivity index (χ1v) is 22.5. The lowest BCUT2D eigenvalue weighted by Crippen LogP contribution is -2.39. The van der Waals surface area contributed by atoms with Crippen LogP contribution in [0.25, 0.3) is 30.6 Å². The van der Waals surface area contributed by atoms with Crippen LogP contribution in [0.2, 0.25) is 0 Å². The molecule has 20 heteroatoms. The Hall–Kier alpha value is -4.24. The number of nitrogens with zero attached hydrogens (tertiary/aromatic N) is 5. The number of carbonyl (C=O) groups is 3. The second-order valence-electron chi connectivity index (χ2n) is 14.7. The van der Waals surface area contributed by atoms with E-state index in [-0.39, 0.29) is 68.7 Å². The summed E-state index contributed by atoms with van der Waals surface area (Å²) in [4.78, 5) is 50.2. The number of anilines is 2. The summed E-state index contributed by atoms with van der Waals surface area (Å²) in [6.07, 6.45) is -0.560. The van der Waals surface area contributed by atoms with E-state index in [1.165, 1.54) is 47.0 Å². The lowest BCUT2D eigenvalue weighted by Gasteiger charge is -2.31. The predicted octanol–water partition coefficient (Wildman–Crippen LogP) is 11.2. The van der Waals surface area contributed by atoms with E-state index in [0.29, 0.717) is 42.4 Å². The number of halogens is 7. The zero-order valence-electron chi connectivity index (χ0n) is 33.0. The van der Waals surface area contributed by atoms with E-state index in [1.54, 1.807) is 31.2 Å². The molecule has 0 atom stereocenters. The Morgan fingerprint density at radius 3 is 1.33 bits per heavy atom. The molecule has 3 aliphatic rings. The van der Waals surface area contributed by atoms with E-state index < -0.39 is 23.7 Å². The van der Waals surface area contributed by atoms with Gasteiger partial charge in [0.2, 0.25) is 0 Å². The molecular formula is C41H41BrF6N6O4S3. The summed E-state index contributed by atoms with van der Waals surface area (Å²) in [6, 6.07) is 15.6. The number of hydrogen-bond donors (Lipinski definition) is 2. The second-order valence-corrected chi connectivity index (χ2v) is 19.0. The lowest BCUT2D eigenvalue weighted by molar-refractivity contribution is -0.0275. The summed E-state index contributed by atoms with van der Waals surface area (Å²) in [5.41, 5.74) is 4.04. The minimum atomic E-state index is -2.58. The van der Waals surface area contributed by atoms with E-state index in [2.05, 4.69) is 36.2 Å². The first-order valence-electron chi connectivity index (χ1n) is 19.2. The molecule has 9 rings (SSSR count). The van der Waals surface area contributed by atoms with Crippen molar-refractivity contribution in [3.8, 4) is 0 Å². The highest BCUT2D eigenvalue weighted by atomic mass is 79.9. The number of carboxylic acids is 1. The lowest BCUT2D eigenvalue weighted by atomic mass is 10.1. The van der Waals surface area contributed by atoms with Crippen molar-refractivity contribution in [1.29, 1.82) is 0 Å². The van der Waals surface area contributed by atoms with Crippen LogP contribution in [0.3, 0.4) is 0 Å². The maximum atomic E-state index is 13.2. The van der Waals surface area contributed by atoms with Crippen molar-refractivity contribution >= 4 is 108 Å². The molecule has 0 amide bonds. The average molecular weight is 972 g/mol. The Morgan fingerprint density at radius 2 is 0.951 bits per heavy atom. The molecule has 0 bridgehead atoms. The first-order chi connectivity index (χ1) is 28.8. The van der Waals surface area contributed by atoms with Gasteiger partial charge in [-0.1, -0.05) is 22.7 Å². The fourth-order valence-electron chi connectivity index (χ4n) is 6.41. The Bertz CT molecular complexity index is 2390. The summed E-state index contributed by atoms with van der Waals surface area (Å²) in [7, 11) is 0. The molecule has 6 aromatic rings. The quantitative estimate of drug-likeness (QED) is 0.127. The van der Waals surface area contributed by atoms with Crippen LogP contribution in [0, 0.1) is 0 Å². The number of fused-ring (bicyclic) bond motifs is 3. The standard InChI is InChI=1S/C14H14F2N2OS.C13H12F2N2O2S.C9H6BrNOS.C5H9F2N/c1-9(19)10-2-3-11-12(8-10)20-13(17-11)18-6-4-14(15,16)5-7-18;14-13(15)3-5-17(6-4-13)12-16-9-2-1-8(11(18)19)7-10(9)20-12;1-5(12)6-2-3-7-8(4-6)13-9(10)11-7;6-5(7)1-3-8-4-2-5/h2-3,8H,4-7H2,1H3;1-2,7H,3-6H2,(H,18,19);2-4H,1H3;8H,1-4H2. The van der Waals surface area contributed by atoms with Crippen molar-refractivity contribution in [3.05, 3.63) is 75.2 Å². The number of carboxylic acid groups (broad SMARTS) is 1. The van der Waals surface area contributed by atoms with Gasteiger partial charge in [-0.2, -0.15) is 0 Å². The van der Waals surface area contributed by atoms with E-state index in [1.807, 2.05) is 34.1 Å². The molecule has 3 saturated heterocycles. The number of Topliss-reactive ketones (excluding diaryl/α,β-unsaturated/α-hetero) is 2. The fourth-order valence-corrected chi connectivity index (χ4v) is 9.96. The van der Waals surface area contributed by atoms with Crippen LogP contribution < -0.4 is 15.1 Å². The molecule has 3 aliphatic heterocycles. The number of nitrogens with one attached hydrogen (secondary N) is 1. The number of piperidine rings is 3.